The average Bonchev–Trinajstić information content (AvgIpc) is 2.83. The fourth-order valence-corrected chi connectivity index (χ4v) is 5.38. The van der Waals surface area contributed by atoms with E-state index in [1.807, 2.05) is 48.2 Å². The number of rotatable bonds is 4. The second-order valence-electron chi connectivity index (χ2n) is 8.07. The monoisotopic (exact) mass is 475 g/mol. The first-order valence-corrected chi connectivity index (χ1v) is 12.1. The van der Waals surface area contributed by atoms with Gasteiger partial charge in [0.05, 0.1) is 21.8 Å². The van der Waals surface area contributed by atoms with E-state index in [-0.39, 0.29) is 11.5 Å². The molecule has 0 aliphatic carbocycles. The van der Waals surface area contributed by atoms with E-state index >= 15 is 0 Å². The van der Waals surface area contributed by atoms with Gasteiger partial charge in [-0.15, -0.1) is 0 Å². The topological polar surface area (TPSA) is 55.2 Å². The van der Waals surface area contributed by atoms with Crippen LogP contribution in [0.5, 0.6) is 0 Å². The van der Waals surface area contributed by atoms with Crippen LogP contribution in [0.4, 0.5) is 0 Å². The van der Waals surface area contributed by atoms with Crippen LogP contribution < -0.4 is 5.56 Å². The molecule has 0 bridgehead atoms. The number of hydrogen-bond donors (Lipinski definition) is 0. The SMILES string of the molecule is CC(Sc1nc2ccccc2c(=O)n1-c1cccc(Cl)c1)C(=O)N1CCc2ccccc2C1. The van der Waals surface area contributed by atoms with E-state index in [0.29, 0.717) is 39.9 Å². The third kappa shape index (κ3) is 4.28. The minimum atomic E-state index is -0.409. The molecule has 0 spiro atoms. The summed E-state index contributed by atoms with van der Waals surface area (Å²) < 4.78 is 1.55. The largest absolute Gasteiger partial charge is 0.337 e. The molecule has 7 heteroatoms. The van der Waals surface area contributed by atoms with Crippen molar-refractivity contribution in [3.8, 4) is 5.69 Å². The maximum Gasteiger partial charge on any atom is 0.266 e. The van der Waals surface area contributed by atoms with Gasteiger partial charge in [-0.3, -0.25) is 14.2 Å². The van der Waals surface area contributed by atoms with Crippen LogP contribution >= 0.6 is 23.4 Å². The summed E-state index contributed by atoms with van der Waals surface area (Å²) in [7, 11) is 0. The molecule has 1 atom stereocenters. The van der Waals surface area contributed by atoms with Gasteiger partial charge in [0.1, 0.15) is 0 Å². The van der Waals surface area contributed by atoms with Crippen LogP contribution in [0.1, 0.15) is 18.1 Å². The summed E-state index contributed by atoms with van der Waals surface area (Å²) in [6.45, 7) is 3.16. The predicted molar refractivity (Wildman–Crippen MR) is 133 cm³/mol. The lowest BCUT2D eigenvalue weighted by Crippen LogP contribution is -2.40. The molecule has 5 rings (SSSR count). The number of para-hydroxylation sites is 1. The van der Waals surface area contributed by atoms with Crippen molar-refractivity contribution in [3.05, 3.63) is 99.3 Å². The molecular weight excluding hydrogens is 454 g/mol. The maximum atomic E-state index is 13.4. The van der Waals surface area contributed by atoms with Crippen LogP contribution in [0.3, 0.4) is 0 Å². The van der Waals surface area contributed by atoms with Crippen molar-refractivity contribution >= 4 is 40.2 Å². The van der Waals surface area contributed by atoms with E-state index in [2.05, 4.69) is 12.1 Å². The molecule has 0 fully saturated rings. The lowest BCUT2D eigenvalue weighted by molar-refractivity contribution is -0.131. The Kier molecular flexibility index (Phi) is 5.96. The first-order valence-electron chi connectivity index (χ1n) is 10.8. The maximum absolute atomic E-state index is 13.4. The van der Waals surface area contributed by atoms with Gasteiger partial charge in [-0.1, -0.05) is 65.8 Å². The van der Waals surface area contributed by atoms with E-state index in [0.717, 1.165) is 6.42 Å². The second kappa shape index (κ2) is 9.04. The molecule has 0 radical (unpaired) electrons. The molecule has 0 saturated heterocycles. The normalized spacial score (nSPS) is 14.2. The molecule has 4 aromatic rings. The lowest BCUT2D eigenvalue weighted by atomic mass is 10.00. The molecule has 1 aromatic heterocycles. The highest BCUT2D eigenvalue weighted by molar-refractivity contribution is 8.00. The van der Waals surface area contributed by atoms with E-state index < -0.39 is 5.25 Å². The summed E-state index contributed by atoms with van der Waals surface area (Å²) in [6.07, 6.45) is 0.848. The van der Waals surface area contributed by atoms with Crippen molar-refractivity contribution in [2.24, 2.45) is 0 Å². The third-order valence-corrected chi connectivity index (χ3v) is 7.16. The van der Waals surface area contributed by atoms with E-state index in [9.17, 15) is 9.59 Å². The molecule has 166 valence electrons. The summed E-state index contributed by atoms with van der Waals surface area (Å²) in [4.78, 5) is 33.4. The van der Waals surface area contributed by atoms with Gasteiger partial charge in [-0.2, -0.15) is 0 Å². The highest BCUT2D eigenvalue weighted by atomic mass is 35.5. The summed E-state index contributed by atoms with van der Waals surface area (Å²) in [5.41, 5.74) is 3.54. The van der Waals surface area contributed by atoms with Crippen LogP contribution in [0.15, 0.2) is 82.7 Å². The average molecular weight is 476 g/mol. The standard InChI is InChI=1S/C26H22ClN3O2S/c1-17(24(31)29-14-13-18-7-2-3-8-19(18)16-29)33-26-28-23-12-5-4-11-22(23)25(32)30(26)21-10-6-9-20(27)15-21/h2-12,15,17H,13-14,16H2,1H3. The molecule has 2 heterocycles. The molecule has 1 aliphatic rings. The fourth-order valence-electron chi connectivity index (χ4n) is 4.18. The van der Waals surface area contributed by atoms with Gasteiger partial charge in [-0.05, 0) is 54.8 Å². The molecule has 1 amide bonds. The molecular formula is C26H22ClN3O2S. The Morgan fingerprint density at radius 3 is 2.61 bits per heavy atom. The number of carbonyl (C=O) groups excluding carboxylic acids is 1. The van der Waals surface area contributed by atoms with E-state index in [4.69, 9.17) is 16.6 Å². The van der Waals surface area contributed by atoms with Crippen molar-refractivity contribution in [3.63, 3.8) is 0 Å². The van der Waals surface area contributed by atoms with Crippen molar-refractivity contribution < 1.29 is 4.79 Å². The van der Waals surface area contributed by atoms with Crippen LogP contribution in [-0.2, 0) is 17.8 Å². The zero-order valence-corrected chi connectivity index (χ0v) is 19.6. The van der Waals surface area contributed by atoms with Crippen molar-refractivity contribution in [1.29, 1.82) is 0 Å². The predicted octanol–water partition coefficient (Wildman–Crippen LogP) is 5.10. The molecule has 0 saturated carbocycles. The number of aromatic nitrogens is 2. The quantitative estimate of drug-likeness (QED) is 0.304. The number of thioether (sulfide) groups is 1. The van der Waals surface area contributed by atoms with Gasteiger partial charge in [0.15, 0.2) is 5.16 Å². The zero-order valence-electron chi connectivity index (χ0n) is 18.1. The fraction of sp³-hybridized carbons (Fsp3) is 0.192. The number of amides is 1. The Hall–Kier alpha value is -3.09. The van der Waals surface area contributed by atoms with Gasteiger partial charge in [0.25, 0.3) is 5.56 Å². The Bertz CT molecular complexity index is 1420. The number of benzene rings is 3. The Morgan fingerprint density at radius 2 is 1.79 bits per heavy atom. The Balaban J connectivity index is 1.50. The first kappa shape index (κ1) is 21.7. The molecule has 1 aliphatic heterocycles. The molecule has 5 nitrogen and oxygen atoms in total. The van der Waals surface area contributed by atoms with Crippen LogP contribution in [0.2, 0.25) is 5.02 Å². The van der Waals surface area contributed by atoms with Gasteiger partial charge in [-0.25, -0.2) is 4.98 Å². The smallest absolute Gasteiger partial charge is 0.266 e. The number of fused-ring (bicyclic) bond motifs is 2. The van der Waals surface area contributed by atoms with Crippen molar-refractivity contribution in [2.75, 3.05) is 6.54 Å². The number of nitrogens with zero attached hydrogens (tertiary/aromatic N) is 3. The highest BCUT2D eigenvalue weighted by Gasteiger charge is 2.27. The highest BCUT2D eigenvalue weighted by Crippen LogP contribution is 2.28. The van der Waals surface area contributed by atoms with Crippen molar-refractivity contribution in [1.82, 2.24) is 14.5 Å². The summed E-state index contributed by atoms with van der Waals surface area (Å²) in [5.74, 6) is 0.0366. The van der Waals surface area contributed by atoms with Crippen LogP contribution in [0, 0.1) is 0 Å². The van der Waals surface area contributed by atoms with E-state index in [1.54, 1.807) is 28.8 Å². The zero-order chi connectivity index (χ0) is 22.9. The number of hydrogen-bond acceptors (Lipinski definition) is 4. The molecule has 0 N–H and O–H groups in total. The first-order chi connectivity index (χ1) is 16.0. The third-order valence-electron chi connectivity index (χ3n) is 5.88. The summed E-state index contributed by atoms with van der Waals surface area (Å²) >= 11 is 7.51. The molecule has 33 heavy (non-hydrogen) atoms. The molecule has 1 unspecified atom stereocenters. The van der Waals surface area contributed by atoms with Crippen LogP contribution in [0.25, 0.3) is 16.6 Å². The molecule has 3 aromatic carbocycles. The number of carbonyl (C=O) groups is 1. The van der Waals surface area contributed by atoms with Gasteiger partial charge >= 0.3 is 0 Å². The lowest BCUT2D eigenvalue weighted by Gasteiger charge is -2.30. The Morgan fingerprint density at radius 1 is 1.03 bits per heavy atom. The minimum absolute atomic E-state index is 0.0366. The van der Waals surface area contributed by atoms with E-state index in [1.165, 1.54) is 22.9 Å². The van der Waals surface area contributed by atoms with Gasteiger partial charge < -0.3 is 4.90 Å². The Labute approximate surface area is 201 Å². The van der Waals surface area contributed by atoms with Crippen LogP contribution in [-0.4, -0.2) is 32.2 Å². The summed E-state index contributed by atoms with van der Waals surface area (Å²) in [6, 6.07) is 22.6. The second-order valence-corrected chi connectivity index (χ2v) is 9.81. The minimum Gasteiger partial charge on any atom is -0.337 e. The van der Waals surface area contributed by atoms with Gasteiger partial charge in [0, 0.05) is 18.1 Å². The van der Waals surface area contributed by atoms with Gasteiger partial charge in [0.2, 0.25) is 5.91 Å². The summed E-state index contributed by atoms with van der Waals surface area (Å²) in [5, 5.41) is 1.11. The van der Waals surface area contributed by atoms with Crippen molar-refractivity contribution in [2.45, 2.75) is 30.3 Å². The number of halogens is 1.